The van der Waals surface area contributed by atoms with Crippen LogP contribution in [0.25, 0.3) is 22.3 Å². The lowest BCUT2D eigenvalue weighted by Crippen LogP contribution is -2.24. The number of carbonyl (C=O) groups excluding carboxylic acids is 1. The Labute approximate surface area is 165 Å². The Morgan fingerprint density at radius 2 is 2.00 bits per heavy atom. The number of rotatable bonds is 3. The van der Waals surface area contributed by atoms with Crippen molar-refractivity contribution in [2.75, 3.05) is 11.4 Å². The van der Waals surface area contributed by atoms with E-state index in [4.69, 9.17) is 16.1 Å². The van der Waals surface area contributed by atoms with Crippen molar-refractivity contribution in [3.05, 3.63) is 59.6 Å². The standard InChI is InChI=1S/C20H16ClN5O2/c1-25-17-8-12(2-3-13(17)10-22-25)19-23-20(28-24-19)14-9-18(27)26(11-14)16-6-4-15(21)5-7-16/h2-8,10,14H,9,11H2,1H3. The van der Waals surface area contributed by atoms with Crippen LogP contribution in [0, 0.1) is 0 Å². The molecule has 0 aliphatic carbocycles. The highest BCUT2D eigenvalue weighted by Gasteiger charge is 2.35. The second kappa shape index (κ2) is 6.45. The fourth-order valence-corrected chi connectivity index (χ4v) is 3.67. The van der Waals surface area contributed by atoms with Crippen molar-refractivity contribution in [1.29, 1.82) is 0 Å². The molecule has 0 radical (unpaired) electrons. The van der Waals surface area contributed by atoms with Crippen LogP contribution < -0.4 is 4.90 Å². The topological polar surface area (TPSA) is 77.0 Å². The Balaban J connectivity index is 1.40. The third-order valence-electron chi connectivity index (χ3n) is 5.06. The second-order valence-electron chi connectivity index (χ2n) is 6.88. The van der Waals surface area contributed by atoms with Crippen LogP contribution in [0.1, 0.15) is 18.2 Å². The zero-order valence-corrected chi connectivity index (χ0v) is 15.8. The highest BCUT2D eigenvalue weighted by Crippen LogP contribution is 2.32. The van der Waals surface area contributed by atoms with Crippen molar-refractivity contribution in [1.82, 2.24) is 19.9 Å². The predicted molar refractivity (Wildman–Crippen MR) is 105 cm³/mol. The van der Waals surface area contributed by atoms with Gasteiger partial charge in [-0.3, -0.25) is 9.48 Å². The van der Waals surface area contributed by atoms with Crippen LogP contribution in [0.3, 0.4) is 0 Å². The molecule has 4 aromatic rings. The average molecular weight is 394 g/mol. The molecule has 7 nitrogen and oxygen atoms in total. The molecule has 1 aliphatic heterocycles. The molecule has 1 atom stereocenters. The molecule has 1 aliphatic rings. The second-order valence-corrected chi connectivity index (χ2v) is 7.32. The van der Waals surface area contributed by atoms with E-state index >= 15 is 0 Å². The predicted octanol–water partition coefficient (Wildman–Crippen LogP) is 3.80. The van der Waals surface area contributed by atoms with Gasteiger partial charge in [-0.2, -0.15) is 10.1 Å². The summed E-state index contributed by atoms with van der Waals surface area (Å²) >= 11 is 5.94. The van der Waals surface area contributed by atoms with Crippen molar-refractivity contribution in [3.8, 4) is 11.4 Å². The van der Waals surface area contributed by atoms with Gasteiger partial charge in [0.25, 0.3) is 0 Å². The van der Waals surface area contributed by atoms with E-state index in [2.05, 4.69) is 15.2 Å². The van der Waals surface area contributed by atoms with Crippen LogP contribution in [-0.4, -0.2) is 32.4 Å². The first-order chi connectivity index (χ1) is 13.6. The molecule has 2 aromatic carbocycles. The molecule has 0 saturated carbocycles. The lowest BCUT2D eigenvalue weighted by molar-refractivity contribution is -0.117. The number of amides is 1. The maximum Gasteiger partial charge on any atom is 0.232 e. The fraction of sp³-hybridized carbons (Fsp3) is 0.200. The Hall–Kier alpha value is -3.19. The highest BCUT2D eigenvalue weighted by atomic mass is 35.5. The van der Waals surface area contributed by atoms with Crippen LogP contribution >= 0.6 is 11.6 Å². The van der Waals surface area contributed by atoms with Gasteiger partial charge in [-0.1, -0.05) is 28.9 Å². The molecule has 1 unspecified atom stereocenters. The van der Waals surface area contributed by atoms with Gasteiger partial charge in [-0.05, 0) is 30.3 Å². The zero-order chi connectivity index (χ0) is 19.3. The molecule has 140 valence electrons. The first-order valence-electron chi connectivity index (χ1n) is 8.90. The molecule has 0 N–H and O–H groups in total. The summed E-state index contributed by atoms with van der Waals surface area (Å²) in [6.45, 7) is 0.503. The normalized spacial score (nSPS) is 17.0. The molecular weight excluding hydrogens is 378 g/mol. The summed E-state index contributed by atoms with van der Waals surface area (Å²) in [5.41, 5.74) is 2.66. The smallest absolute Gasteiger partial charge is 0.232 e. The molecular formula is C20H16ClN5O2. The maximum absolute atomic E-state index is 12.5. The first-order valence-corrected chi connectivity index (χ1v) is 9.28. The molecule has 1 amide bonds. The van der Waals surface area contributed by atoms with E-state index in [9.17, 15) is 4.79 Å². The van der Waals surface area contributed by atoms with Crippen molar-refractivity contribution in [2.45, 2.75) is 12.3 Å². The molecule has 8 heteroatoms. The molecule has 0 bridgehead atoms. The van der Waals surface area contributed by atoms with Gasteiger partial charge < -0.3 is 9.42 Å². The Bertz CT molecular complexity index is 1180. The minimum absolute atomic E-state index is 0.0309. The number of aryl methyl sites for hydroxylation is 1. The molecule has 1 saturated heterocycles. The van der Waals surface area contributed by atoms with Crippen LogP contribution in [-0.2, 0) is 11.8 Å². The number of halogens is 1. The van der Waals surface area contributed by atoms with Crippen molar-refractivity contribution in [2.24, 2.45) is 7.05 Å². The number of benzene rings is 2. The van der Waals surface area contributed by atoms with E-state index < -0.39 is 0 Å². The minimum Gasteiger partial charge on any atom is -0.339 e. The summed E-state index contributed by atoms with van der Waals surface area (Å²) in [4.78, 5) is 18.7. The molecule has 5 rings (SSSR count). The third-order valence-corrected chi connectivity index (χ3v) is 5.31. The summed E-state index contributed by atoms with van der Waals surface area (Å²) < 4.78 is 7.30. The SMILES string of the molecule is Cn1ncc2ccc(-c3noc(C4CC(=O)N(c5ccc(Cl)cc5)C4)n3)cc21. The van der Waals surface area contributed by atoms with Crippen molar-refractivity contribution >= 4 is 34.1 Å². The largest absolute Gasteiger partial charge is 0.339 e. The average Bonchev–Trinajstić information content (AvgIpc) is 3.41. The number of aromatic nitrogens is 4. The molecule has 2 aromatic heterocycles. The van der Waals surface area contributed by atoms with Gasteiger partial charge in [-0.25, -0.2) is 0 Å². The summed E-state index contributed by atoms with van der Waals surface area (Å²) in [5, 5.41) is 10.1. The Morgan fingerprint density at radius 3 is 2.82 bits per heavy atom. The number of hydrogen-bond donors (Lipinski definition) is 0. The Kier molecular flexibility index (Phi) is 3.91. The molecule has 28 heavy (non-hydrogen) atoms. The van der Waals surface area contributed by atoms with E-state index in [0.717, 1.165) is 22.2 Å². The van der Waals surface area contributed by atoms with E-state index in [1.165, 1.54) is 0 Å². The van der Waals surface area contributed by atoms with E-state index in [0.29, 0.717) is 29.7 Å². The third kappa shape index (κ3) is 2.84. The fourth-order valence-electron chi connectivity index (χ4n) is 3.55. The van der Waals surface area contributed by atoms with Crippen molar-refractivity contribution in [3.63, 3.8) is 0 Å². The van der Waals surface area contributed by atoms with Gasteiger partial charge in [0.1, 0.15) is 0 Å². The van der Waals surface area contributed by atoms with Crippen LogP contribution in [0.5, 0.6) is 0 Å². The lowest BCUT2D eigenvalue weighted by atomic mass is 10.1. The van der Waals surface area contributed by atoms with Crippen LogP contribution in [0.4, 0.5) is 5.69 Å². The van der Waals surface area contributed by atoms with Crippen LogP contribution in [0.15, 0.2) is 53.2 Å². The van der Waals surface area contributed by atoms with Gasteiger partial charge in [0, 0.05) is 41.7 Å². The number of hydrogen-bond acceptors (Lipinski definition) is 5. The highest BCUT2D eigenvalue weighted by molar-refractivity contribution is 6.30. The number of carbonyl (C=O) groups is 1. The minimum atomic E-state index is -0.134. The van der Waals surface area contributed by atoms with Gasteiger partial charge in [-0.15, -0.1) is 0 Å². The number of fused-ring (bicyclic) bond motifs is 1. The molecule has 3 heterocycles. The summed E-state index contributed by atoms with van der Waals surface area (Å²) in [6.07, 6.45) is 2.15. The van der Waals surface area contributed by atoms with Gasteiger partial charge in [0.2, 0.25) is 17.6 Å². The monoisotopic (exact) mass is 393 g/mol. The summed E-state index contributed by atoms with van der Waals surface area (Å²) in [5.74, 6) is 0.883. The van der Waals surface area contributed by atoms with E-state index in [1.807, 2.05) is 43.6 Å². The van der Waals surface area contributed by atoms with Gasteiger partial charge in [0.15, 0.2) is 0 Å². The van der Waals surface area contributed by atoms with Gasteiger partial charge >= 0.3 is 0 Å². The van der Waals surface area contributed by atoms with E-state index in [1.54, 1.807) is 21.7 Å². The molecule has 0 spiro atoms. The first kappa shape index (κ1) is 16.9. The number of anilines is 1. The Morgan fingerprint density at radius 1 is 1.18 bits per heavy atom. The van der Waals surface area contributed by atoms with Gasteiger partial charge in [0.05, 0.1) is 17.6 Å². The maximum atomic E-state index is 12.5. The summed E-state index contributed by atoms with van der Waals surface area (Å²) in [6, 6.07) is 13.1. The lowest BCUT2D eigenvalue weighted by Gasteiger charge is -2.15. The number of nitrogens with zero attached hydrogens (tertiary/aromatic N) is 5. The quantitative estimate of drug-likeness (QED) is 0.529. The van der Waals surface area contributed by atoms with Crippen LogP contribution in [0.2, 0.25) is 5.02 Å². The van der Waals surface area contributed by atoms with Crippen molar-refractivity contribution < 1.29 is 9.32 Å². The summed E-state index contributed by atoms with van der Waals surface area (Å²) in [7, 11) is 1.89. The zero-order valence-electron chi connectivity index (χ0n) is 15.0. The van der Waals surface area contributed by atoms with E-state index in [-0.39, 0.29) is 11.8 Å². The molecule has 1 fully saturated rings.